The number of aromatic hydroxyl groups is 1. The van der Waals surface area contributed by atoms with Crippen molar-refractivity contribution >= 4 is 22.9 Å². The van der Waals surface area contributed by atoms with Gasteiger partial charge in [0, 0.05) is 12.6 Å². The average molecular weight is 375 g/mol. The summed E-state index contributed by atoms with van der Waals surface area (Å²) >= 11 is 7.41. The summed E-state index contributed by atoms with van der Waals surface area (Å²) in [6, 6.07) is 9.19. The molecule has 0 amide bonds. The molecular weight excluding hydrogens is 358 g/mol. The topological polar surface area (TPSA) is 59.0 Å². The van der Waals surface area contributed by atoms with Crippen molar-refractivity contribution in [1.29, 1.82) is 0 Å². The average Bonchev–Trinajstić information content (AvgIpc) is 3.17. The van der Waals surface area contributed by atoms with Crippen LogP contribution in [0.4, 0.5) is 0 Å². The Morgan fingerprint density at radius 2 is 2.08 bits per heavy atom. The van der Waals surface area contributed by atoms with Crippen LogP contribution in [0.25, 0.3) is 11.1 Å². The Bertz CT molecular complexity index is 1010. The van der Waals surface area contributed by atoms with Crippen LogP contribution in [-0.4, -0.2) is 14.7 Å². The molecule has 4 rings (SSSR count). The number of nitrogens with zero attached hydrogens (tertiary/aromatic N) is 3. The maximum Gasteiger partial charge on any atom is 0.349 e. The van der Waals surface area contributed by atoms with Gasteiger partial charge in [-0.2, -0.15) is 9.13 Å². The summed E-state index contributed by atoms with van der Waals surface area (Å²) in [4.78, 5) is 18.0. The Kier molecular flexibility index (Phi) is 3.89. The Hall–Kier alpha value is -2.18. The quantitative estimate of drug-likeness (QED) is 0.700. The van der Waals surface area contributed by atoms with E-state index in [0.29, 0.717) is 15.6 Å². The summed E-state index contributed by atoms with van der Waals surface area (Å²) < 4.78 is 3.98. The molecule has 3 aromatic rings. The zero-order valence-electron chi connectivity index (χ0n) is 13.8. The van der Waals surface area contributed by atoms with E-state index in [9.17, 15) is 9.90 Å². The number of benzene rings is 1. The highest BCUT2D eigenvalue weighted by atomic mass is 35.5. The van der Waals surface area contributed by atoms with Gasteiger partial charge < -0.3 is 5.11 Å². The minimum atomic E-state index is -0.190. The third-order valence-corrected chi connectivity index (χ3v) is 5.99. The number of hydrogen-bond donors (Lipinski definition) is 1. The molecular formula is C18H17ClN3O2S+. The van der Waals surface area contributed by atoms with Crippen LogP contribution in [0.15, 0.2) is 41.3 Å². The minimum Gasteiger partial charge on any atom is -0.477 e. The zero-order valence-corrected chi connectivity index (χ0v) is 15.4. The summed E-state index contributed by atoms with van der Waals surface area (Å²) in [5, 5.41) is 11.0. The molecule has 0 radical (unpaired) electrons. The van der Waals surface area contributed by atoms with E-state index in [0.717, 1.165) is 17.1 Å². The minimum absolute atomic E-state index is 0.00294. The largest absolute Gasteiger partial charge is 0.477 e. The first-order valence-electron chi connectivity index (χ1n) is 8.03. The number of aromatic nitrogens is 3. The summed E-state index contributed by atoms with van der Waals surface area (Å²) in [7, 11) is 1.76. The molecule has 1 N–H and O–H groups in total. The van der Waals surface area contributed by atoms with E-state index in [2.05, 4.69) is 11.9 Å². The monoisotopic (exact) mass is 374 g/mol. The molecule has 0 aliphatic carbocycles. The maximum absolute atomic E-state index is 12.9. The van der Waals surface area contributed by atoms with Crippen LogP contribution in [0, 0.1) is 0 Å². The van der Waals surface area contributed by atoms with Gasteiger partial charge in [-0.15, -0.1) is 11.3 Å². The lowest BCUT2D eigenvalue weighted by Gasteiger charge is -2.12. The highest BCUT2D eigenvalue weighted by molar-refractivity contribution is 7.15. The molecule has 1 aliphatic heterocycles. The molecule has 7 heteroatoms. The fraction of sp³-hybridized carbons (Fsp3) is 0.278. The van der Waals surface area contributed by atoms with Gasteiger partial charge in [0.1, 0.15) is 6.04 Å². The van der Waals surface area contributed by atoms with Gasteiger partial charge in [-0.1, -0.05) is 48.9 Å². The Labute approximate surface area is 153 Å². The summed E-state index contributed by atoms with van der Waals surface area (Å²) in [6.07, 6.45) is 2.54. The van der Waals surface area contributed by atoms with E-state index < -0.39 is 0 Å². The molecule has 0 saturated heterocycles. The Morgan fingerprint density at radius 3 is 2.72 bits per heavy atom. The molecule has 5 nitrogen and oxygen atoms in total. The molecule has 0 bridgehead atoms. The van der Waals surface area contributed by atoms with Crippen molar-refractivity contribution in [2.24, 2.45) is 7.05 Å². The normalized spacial score (nSPS) is 19.2. The second-order valence-corrected chi connectivity index (χ2v) is 7.97. The van der Waals surface area contributed by atoms with E-state index in [4.69, 9.17) is 11.6 Å². The lowest BCUT2D eigenvalue weighted by Crippen LogP contribution is -2.45. The first-order valence-corrected chi connectivity index (χ1v) is 9.22. The number of rotatable bonds is 2. The van der Waals surface area contributed by atoms with Crippen LogP contribution in [0.1, 0.15) is 36.0 Å². The fourth-order valence-corrected chi connectivity index (χ4v) is 4.76. The van der Waals surface area contributed by atoms with Crippen molar-refractivity contribution in [3.8, 4) is 17.0 Å². The molecule has 0 spiro atoms. The van der Waals surface area contributed by atoms with Gasteiger partial charge in [-0.25, -0.2) is 9.78 Å². The van der Waals surface area contributed by atoms with Crippen molar-refractivity contribution in [1.82, 2.24) is 9.55 Å². The molecule has 2 atom stereocenters. The third-order valence-electron chi connectivity index (χ3n) is 4.78. The molecule has 2 aromatic heterocycles. The molecule has 0 unspecified atom stereocenters. The van der Waals surface area contributed by atoms with Crippen LogP contribution in [0.5, 0.6) is 5.88 Å². The standard InChI is InChI=1S/C18H16ClN3O2S/c1-10-8-12(13-9-20-18(19)25-13)22-15(10)21(2)16(23)14(17(22)24)11-6-4-3-5-7-11/h3-7,9-10,12H,8H2,1-2H3/p+1/t10-,12+/m1/s1. The van der Waals surface area contributed by atoms with E-state index in [1.165, 1.54) is 11.3 Å². The van der Waals surface area contributed by atoms with Gasteiger partial charge in [0.2, 0.25) is 0 Å². The highest BCUT2D eigenvalue weighted by Crippen LogP contribution is 2.39. The summed E-state index contributed by atoms with van der Waals surface area (Å²) in [6.45, 7) is 2.07. The van der Waals surface area contributed by atoms with Gasteiger partial charge in [-0.05, 0) is 5.56 Å². The Balaban J connectivity index is 2.01. The molecule has 3 heterocycles. The van der Waals surface area contributed by atoms with E-state index in [1.807, 2.05) is 34.9 Å². The van der Waals surface area contributed by atoms with Crippen LogP contribution >= 0.6 is 22.9 Å². The summed E-state index contributed by atoms with van der Waals surface area (Å²) in [5.41, 5.74) is 0.836. The lowest BCUT2D eigenvalue weighted by molar-refractivity contribution is -0.716. The molecule has 1 aliphatic rings. The van der Waals surface area contributed by atoms with Crippen LogP contribution < -0.4 is 10.1 Å². The molecule has 0 fully saturated rings. The van der Waals surface area contributed by atoms with Gasteiger partial charge in [0.05, 0.1) is 17.8 Å². The fourth-order valence-electron chi connectivity index (χ4n) is 3.70. The second-order valence-electron chi connectivity index (χ2n) is 6.33. The lowest BCUT2D eigenvalue weighted by atomic mass is 10.1. The van der Waals surface area contributed by atoms with Crippen molar-refractivity contribution in [2.75, 3.05) is 0 Å². The van der Waals surface area contributed by atoms with Gasteiger partial charge in [0.25, 0.3) is 11.7 Å². The second kappa shape index (κ2) is 5.97. The zero-order chi connectivity index (χ0) is 17.7. The molecule has 1 aromatic carbocycles. The van der Waals surface area contributed by atoms with E-state index >= 15 is 0 Å². The first-order chi connectivity index (χ1) is 12.0. The maximum atomic E-state index is 12.9. The summed E-state index contributed by atoms with van der Waals surface area (Å²) in [5.74, 6) is 0.958. The van der Waals surface area contributed by atoms with Gasteiger partial charge in [-0.3, -0.25) is 0 Å². The number of hydrogen-bond acceptors (Lipinski definition) is 4. The van der Waals surface area contributed by atoms with E-state index in [1.54, 1.807) is 17.8 Å². The predicted molar refractivity (Wildman–Crippen MR) is 97.3 cm³/mol. The van der Waals surface area contributed by atoms with Crippen molar-refractivity contribution in [2.45, 2.75) is 25.3 Å². The van der Waals surface area contributed by atoms with Crippen LogP contribution in [0.3, 0.4) is 0 Å². The molecule has 128 valence electrons. The van der Waals surface area contributed by atoms with Gasteiger partial charge >= 0.3 is 5.56 Å². The smallest absolute Gasteiger partial charge is 0.349 e. The Morgan fingerprint density at radius 1 is 1.36 bits per heavy atom. The first kappa shape index (κ1) is 16.3. The van der Waals surface area contributed by atoms with Crippen LogP contribution in [-0.2, 0) is 7.05 Å². The van der Waals surface area contributed by atoms with Crippen molar-refractivity contribution in [3.05, 3.63) is 62.1 Å². The van der Waals surface area contributed by atoms with Crippen LogP contribution in [0.2, 0.25) is 4.47 Å². The predicted octanol–water partition coefficient (Wildman–Crippen LogP) is 3.25. The highest BCUT2D eigenvalue weighted by Gasteiger charge is 2.43. The molecule has 0 saturated carbocycles. The van der Waals surface area contributed by atoms with Crippen molar-refractivity contribution in [3.63, 3.8) is 0 Å². The molecule has 25 heavy (non-hydrogen) atoms. The van der Waals surface area contributed by atoms with Gasteiger partial charge in [0.15, 0.2) is 10.0 Å². The third kappa shape index (κ3) is 2.48. The number of thiazole rings is 1. The van der Waals surface area contributed by atoms with Crippen molar-refractivity contribution < 1.29 is 9.67 Å². The number of fused-ring (bicyclic) bond motifs is 1. The van der Waals surface area contributed by atoms with E-state index in [-0.39, 0.29) is 23.4 Å². The SMILES string of the molecule is C[C@@H]1C[C@@H](c2cnc(Cl)s2)[n+]2c(O)c(-c3ccccc3)c(=O)n(C)c21. The number of halogens is 1.